The summed E-state index contributed by atoms with van der Waals surface area (Å²) in [7, 11) is -3.10. The van der Waals surface area contributed by atoms with E-state index in [0.717, 1.165) is 12.2 Å². The second kappa shape index (κ2) is 4.31. The Labute approximate surface area is 102 Å². The molecule has 1 aliphatic rings. The zero-order chi connectivity index (χ0) is 12.5. The van der Waals surface area contributed by atoms with Crippen molar-refractivity contribution in [2.75, 3.05) is 24.7 Å². The summed E-state index contributed by atoms with van der Waals surface area (Å²) in [5.74, 6) is 0. The van der Waals surface area contributed by atoms with Crippen LogP contribution < -0.4 is 11.1 Å². The third-order valence-electron chi connectivity index (χ3n) is 3.34. The Kier molecular flexibility index (Phi) is 3.14. The Hall–Kier alpha value is -1.07. The molecule has 1 aliphatic carbocycles. The van der Waals surface area contributed by atoms with Crippen LogP contribution in [0.25, 0.3) is 0 Å². The van der Waals surface area contributed by atoms with Crippen molar-refractivity contribution in [2.45, 2.75) is 17.7 Å². The highest BCUT2D eigenvalue weighted by Gasteiger charge is 2.40. The average molecular weight is 254 g/mol. The minimum atomic E-state index is -3.10. The quantitative estimate of drug-likeness (QED) is 0.829. The number of anilines is 1. The molecule has 0 heterocycles. The maximum Gasteiger partial charge on any atom is 0.175 e. The summed E-state index contributed by atoms with van der Waals surface area (Å²) in [6.45, 7) is 1.57. The second-order valence-corrected chi connectivity index (χ2v) is 6.87. The molecule has 3 N–H and O–H groups in total. The van der Waals surface area contributed by atoms with Crippen LogP contribution in [0.2, 0.25) is 0 Å². The van der Waals surface area contributed by atoms with Crippen LogP contribution in [0.1, 0.15) is 12.8 Å². The van der Waals surface area contributed by atoms with E-state index in [2.05, 4.69) is 5.32 Å². The van der Waals surface area contributed by atoms with Gasteiger partial charge in [-0.3, -0.25) is 0 Å². The maximum absolute atomic E-state index is 11.3. The van der Waals surface area contributed by atoms with Gasteiger partial charge in [-0.1, -0.05) is 0 Å². The van der Waals surface area contributed by atoms with Crippen LogP contribution in [0.4, 0.5) is 5.69 Å². The van der Waals surface area contributed by atoms with Crippen molar-refractivity contribution in [1.82, 2.24) is 0 Å². The van der Waals surface area contributed by atoms with Gasteiger partial charge in [0.2, 0.25) is 0 Å². The maximum atomic E-state index is 11.3. The SMILES string of the molecule is CS(=O)(=O)c1ccc(NCC2(CN)CC2)cc1. The molecule has 5 heteroatoms. The highest BCUT2D eigenvalue weighted by molar-refractivity contribution is 7.90. The summed E-state index contributed by atoms with van der Waals surface area (Å²) in [6, 6.07) is 6.84. The zero-order valence-electron chi connectivity index (χ0n) is 9.94. The molecular formula is C12H18N2O2S. The van der Waals surface area contributed by atoms with Crippen LogP contribution in [0.5, 0.6) is 0 Å². The molecule has 0 unspecified atom stereocenters. The fourth-order valence-corrected chi connectivity index (χ4v) is 2.37. The molecular weight excluding hydrogens is 236 g/mol. The Morgan fingerprint density at radius 3 is 2.29 bits per heavy atom. The van der Waals surface area contributed by atoms with Gasteiger partial charge in [-0.15, -0.1) is 0 Å². The molecule has 0 aromatic heterocycles. The van der Waals surface area contributed by atoms with Crippen molar-refractivity contribution in [3.05, 3.63) is 24.3 Å². The fourth-order valence-electron chi connectivity index (χ4n) is 1.74. The van der Waals surface area contributed by atoms with E-state index in [-0.39, 0.29) is 5.41 Å². The third kappa shape index (κ3) is 2.98. The summed E-state index contributed by atoms with van der Waals surface area (Å²) in [6.07, 6.45) is 3.57. The van der Waals surface area contributed by atoms with E-state index in [1.807, 2.05) is 0 Å². The first kappa shape index (κ1) is 12.4. The van der Waals surface area contributed by atoms with Gasteiger partial charge in [0.05, 0.1) is 4.90 Å². The predicted octanol–water partition coefficient (Wildman–Crippen LogP) is 1.24. The van der Waals surface area contributed by atoms with E-state index < -0.39 is 9.84 Å². The van der Waals surface area contributed by atoms with E-state index in [1.54, 1.807) is 24.3 Å². The highest BCUT2D eigenvalue weighted by atomic mass is 32.2. The van der Waals surface area contributed by atoms with Crippen LogP contribution in [0.3, 0.4) is 0 Å². The molecule has 1 aromatic rings. The molecule has 17 heavy (non-hydrogen) atoms. The van der Waals surface area contributed by atoms with E-state index in [0.29, 0.717) is 11.4 Å². The van der Waals surface area contributed by atoms with Crippen molar-refractivity contribution in [3.63, 3.8) is 0 Å². The summed E-state index contributed by atoms with van der Waals surface area (Å²) < 4.78 is 22.6. The van der Waals surface area contributed by atoms with Gasteiger partial charge in [0.1, 0.15) is 0 Å². The molecule has 1 fully saturated rings. The van der Waals surface area contributed by atoms with Gasteiger partial charge in [0.25, 0.3) is 0 Å². The lowest BCUT2D eigenvalue weighted by Crippen LogP contribution is -2.24. The number of benzene rings is 1. The molecule has 2 rings (SSSR count). The summed E-state index contributed by atoms with van der Waals surface area (Å²) in [5.41, 5.74) is 6.91. The zero-order valence-corrected chi connectivity index (χ0v) is 10.8. The lowest BCUT2D eigenvalue weighted by atomic mass is 10.1. The lowest BCUT2D eigenvalue weighted by Gasteiger charge is -2.14. The van der Waals surface area contributed by atoms with Gasteiger partial charge in [-0.2, -0.15) is 0 Å². The molecule has 0 radical (unpaired) electrons. The Morgan fingerprint density at radius 1 is 1.29 bits per heavy atom. The fraction of sp³-hybridized carbons (Fsp3) is 0.500. The molecule has 1 aromatic carbocycles. The largest absolute Gasteiger partial charge is 0.384 e. The number of hydrogen-bond acceptors (Lipinski definition) is 4. The van der Waals surface area contributed by atoms with E-state index in [9.17, 15) is 8.42 Å². The van der Waals surface area contributed by atoms with E-state index in [4.69, 9.17) is 5.73 Å². The molecule has 0 atom stereocenters. The van der Waals surface area contributed by atoms with Gasteiger partial charge in [-0.05, 0) is 49.1 Å². The van der Waals surface area contributed by atoms with Gasteiger partial charge in [0.15, 0.2) is 9.84 Å². The predicted molar refractivity (Wildman–Crippen MR) is 68.8 cm³/mol. The van der Waals surface area contributed by atoms with Crippen LogP contribution in [0, 0.1) is 5.41 Å². The van der Waals surface area contributed by atoms with Gasteiger partial charge >= 0.3 is 0 Å². The normalized spacial score (nSPS) is 17.8. The molecule has 0 amide bonds. The van der Waals surface area contributed by atoms with Crippen molar-refractivity contribution >= 4 is 15.5 Å². The van der Waals surface area contributed by atoms with Crippen molar-refractivity contribution in [2.24, 2.45) is 11.1 Å². The highest BCUT2D eigenvalue weighted by Crippen LogP contribution is 2.44. The van der Waals surface area contributed by atoms with Crippen LogP contribution in [-0.2, 0) is 9.84 Å². The summed E-state index contributed by atoms with van der Waals surface area (Å²) >= 11 is 0. The molecule has 0 aliphatic heterocycles. The number of sulfone groups is 1. The smallest absolute Gasteiger partial charge is 0.175 e. The van der Waals surface area contributed by atoms with Gasteiger partial charge in [0, 0.05) is 18.5 Å². The molecule has 0 saturated heterocycles. The van der Waals surface area contributed by atoms with Crippen molar-refractivity contribution in [3.8, 4) is 0 Å². The van der Waals surface area contributed by atoms with Crippen LogP contribution >= 0.6 is 0 Å². The van der Waals surface area contributed by atoms with Gasteiger partial charge < -0.3 is 11.1 Å². The number of nitrogens with one attached hydrogen (secondary N) is 1. The molecule has 0 spiro atoms. The first-order valence-electron chi connectivity index (χ1n) is 5.69. The Balaban J connectivity index is 1.99. The lowest BCUT2D eigenvalue weighted by molar-refractivity contribution is 0.556. The summed E-state index contributed by atoms with van der Waals surface area (Å²) in [5, 5.41) is 3.30. The molecule has 94 valence electrons. The first-order chi connectivity index (χ1) is 7.95. The topological polar surface area (TPSA) is 72.2 Å². The van der Waals surface area contributed by atoms with Crippen molar-refractivity contribution < 1.29 is 8.42 Å². The number of nitrogens with two attached hydrogens (primary N) is 1. The second-order valence-electron chi connectivity index (χ2n) is 4.85. The minimum Gasteiger partial charge on any atom is -0.384 e. The van der Waals surface area contributed by atoms with E-state index >= 15 is 0 Å². The van der Waals surface area contributed by atoms with Gasteiger partial charge in [-0.25, -0.2) is 8.42 Å². The van der Waals surface area contributed by atoms with Crippen LogP contribution in [0.15, 0.2) is 29.2 Å². The molecule has 1 saturated carbocycles. The Morgan fingerprint density at radius 2 is 1.88 bits per heavy atom. The average Bonchev–Trinajstić information content (AvgIpc) is 3.06. The standard InChI is InChI=1S/C12H18N2O2S/c1-17(15,16)11-4-2-10(3-5-11)14-9-12(8-13)6-7-12/h2-5,14H,6-9,13H2,1H3. The Bertz CT molecular complexity index is 490. The first-order valence-corrected chi connectivity index (χ1v) is 7.58. The molecule has 4 nitrogen and oxygen atoms in total. The van der Waals surface area contributed by atoms with E-state index in [1.165, 1.54) is 19.1 Å². The monoisotopic (exact) mass is 254 g/mol. The van der Waals surface area contributed by atoms with Crippen molar-refractivity contribution in [1.29, 1.82) is 0 Å². The number of hydrogen-bond donors (Lipinski definition) is 2. The minimum absolute atomic E-state index is 0.273. The summed E-state index contributed by atoms with van der Waals surface area (Å²) in [4.78, 5) is 0.350. The van der Waals surface area contributed by atoms with Crippen LogP contribution in [-0.4, -0.2) is 27.8 Å². The number of rotatable bonds is 5. The molecule has 0 bridgehead atoms. The third-order valence-corrected chi connectivity index (χ3v) is 4.47.